The van der Waals surface area contributed by atoms with Crippen molar-refractivity contribution in [2.24, 2.45) is 5.41 Å². The first kappa shape index (κ1) is 13.4. The van der Waals surface area contributed by atoms with E-state index >= 15 is 0 Å². The molecular weight excluding hydrogens is 246 g/mol. The largest absolute Gasteiger partial charge is 0.388 e. The zero-order valence-electron chi connectivity index (χ0n) is 10.6. The fourth-order valence-corrected chi connectivity index (χ4v) is 3.04. The van der Waals surface area contributed by atoms with Crippen molar-refractivity contribution in [1.82, 2.24) is 0 Å². The van der Waals surface area contributed by atoms with Crippen LogP contribution >= 0.6 is 11.6 Å². The molecule has 0 heterocycles. The number of hydrogen-bond donors (Lipinski definition) is 1. The molecule has 2 rings (SSSR count). The van der Waals surface area contributed by atoms with Crippen LogP contribution in [0, 0.1) is 16.7 Å². The van der Waals surface area contributed by atoms with Crippen LogP contribution in [0.3, 0.4) is 0 Å². The molecule has 0 spiro atoms. The average molecular weight is 264 g/mol. The van der Waals surface area contributed by atoms with Crippen LogP contribution in [0.5, 0.6) is 0 Å². The van der Waals surface area contributed by atoms with Crippen molar-refractivity contribution in [2.45, 2.75) is 44.6 Å². The molecule has 1 aliphatic rings. The zero-order valence-corrected chi connectivity index (χ0v) is 11.4. The molecule has 0 amide bonds. The van der Waals surface area contributed by atoms with Gasteiger partial charge < -0.3 is 5.11 Å². The molecule has 0 saturated heterocycles. The lowest BCUT2D eigenvalue weighted by Gasteiger charge is -2.37. The molecule has 1 aromatic carbocycles. The van der Waals surface area contributed by atoms with Crippen molar-refractivity contribution in [3.8, 4) is 6.07 Å². The summed E-state index contributed by atoms with van der Waals surface area (Å²) >= 11 is 5.85. The highest BCUT2D eigenvalue weighted by atomic mass is 35.5. The number of nitrogens with zero attached hydrogens (tertiary/aromatic N) is 1. The molecule has 1 aliphatic carbocycles. The lowest BCUT2D eigenvalue weighted by Crippen LogP contribution is -2.45. The third-order valence-electron chi connectivity index (χ3n) is 4.16. The number of aliphatic hydroxyl groups is 1. The van der Waals surface area contributed by atoms with E-state index < -0.39 is 11.0 Å². The summed E-state index contributed by atoms with van der Waals surface area (Å²) in [5.41, 5.74) is -0.551. The maximum absolute atomic E-state index is 10.7. The highest BCUT2D eigenvalue weighted by Crippen LogP contribution is 2.47. The average Bonchev–Trinajstić information content (AvgIpc) is 2.82. The van der Waals surface area contributed by atoms with Gasteiger partial charge in [0.15, 0.2) is 0 Å². The number of hydrogen-bond acceptors (Lipinski definition) is 2. The first-order chi connectivity index (χ1) is 8.49. The molecule has 1 unspecified atom stereocenters. The van der Waals surface area contributed by atoms with E-state index in [0.717, 1.165) is 31.2 Å². The van der Waals surface area contributed by atoms with Crippen LogP contribution in [0.1, 0.15) is 38.2 Å². The van der Waals surface area contributed by atoms with E-state index in [1.54, 1.807) is 6.92 Å². The summed E-state index contributed by atoms with van der Waals surface area (Å²) in [4.78, 5) is 0. The van der Waals surface area contributed by atoms with Crippen LogP contribution in [0.4, 0.5) is 0 Å². The first-order valence-electron chi connectivity index (χ1n) is 6.37. The minimum absolute atomic E-state index is 0.498. The van der Waals surface area contributed by atoms with E-state index in [9.17, 15) is 10.4 Å². The molecule has 3 heteroatoms. The summed E-state index contributed by atoms with van der Waals surface area (Å²) in [7, 11) is 0. The van der Waals surface area contributed by atoms with Gasteiger partial charge in [-0.15, -0.1) is 0 Å². The van der Waals surface area contributed by atoms with Crippen LogP contribution in [0.15, 0.2) is 24.3 Å². The Morgan fingerprint density at radius 3 is 2.39 bits per heavy atom. The molecular formula is C15H18ClNO. The van der Waals surface area contributed by atoms with Gasteiger partial charge in [-0.2, -0.15) is 5.26 Å². The van der Waals surface area contributed by atoms with Crippen molar-refractivity contribution < 1.29 is 5.11 Å². The van der Waals surface area contributed by atoms with Gasteiger partial charge in [-0.05, 0) is 37.5 Å². The Morgan fingerprint density at radius 1 is 1.33 bits per heavy atom. The van der Waals surface area contributed by atoms with Crippen molar-refractivity contribution in [1.29, 1.82) is 5.26 Å². The monoisotopic (exact) mass is 263 g/mol. The van der Waals surface area contributed by atoms with Crippen molar-refractivity contribution in [3.63, 3.8) is 0 Å². The number of rotatable bonds is 3. The number of benzene rings is 1. The van der Waals surface area contributed by atoms with Crippen LogP contribution in [-0.4, -0.2) is 10.7 Å². The predicted molar refractivity (Wildman–Crippen MR) is 72.3 cm³/mol. The van der Waals surface area contributed by atoms with Gasteiger partial charge in [-0.3, -0.25) is 0 Å². The Labute approximate surface area is 113 Å². The van der Waals surface area contributed by atoms with Crippen molar-refractivity contribution >= 4 is 11.6 Å². The second kappa shape index (κ2) is 4.91. The SMILES string of the molecule is CC(O)(Cc1ccc(Cl)cc1)C1(C#N)CCCC1. The van der Waals surface area contributed by atoms with E-state index in [2.05, 4.69) is 6.07 Å². The smallest absolute Gasteiger partial charge is 0.0860 e. The molecule has 1 aromatic rings. The third-order valence-corrected chi connectivity index (χ3v) is 4.42. The topological polar surface area (TPSA) is 44.0 Å². The Morgan fingerprint density at radius 2 is 1.89 bits per heavy atom. The van der Waals surface area contributed by atoms with Gasteiger partial charge in [0.25, 0.3) is 0 Å². The summed E-state index contributed by atoms with van der Waals surface area (Å²) in [6.07, 6.45) is 4.15. The Hall–Kier alpha value is -1.04. The summed E-state index contributed by atoms with van der Waals surface area (Å²) in [6, 6.07) is 9.84. The van der Waals surface area contributed by atoms with Gasteiger partial charge in [-0.25, -0.2) is 0 Å². The molecule has 2 nitrogen and oxygen atoms in total. The Kier molecular flexibility index (Phi) is 3.66. The molecule has 1 N–H and O–H groups in total. The van der Waals surface area contributed by atoms with E-state index in [-0.39, 0.29) is 0 Å². The quantitative estimate of drug-likeness (QED) is 0.903. The Balaban J connectivity index is 2.21. The van der Waals surface area contributed by atoms with Gasteiger partial charge >= 0.3 is 0 Å². The van der Waals surface area contributed by atoms with Crippen molar-refractivity contribution in [3.05, 3.63) is 34.9 Å². The van der Waals surface area contributed by atoms with Gasteiger partial charge in [0.2, 0.25) is 0 Å². The van der Waals surface area contributed by atoms with Gasteiger partial charge in [0.05, 0.1) is 17.1 Å². The van der Waals surface area contributed by atoms with Crippen LogP contribution < -0.4 is 0 Å². The molecule has 1 saturated carbocycles. The number of nitriles is 1. The maximum Gasteiger partial charge on any atom is 0.0860 e. The fourth-order valence-electron chi connectivity index (χ4n) is 2.92. The lowest BCUT2D eigenvalue weighted by atomic mass is 9.70. The van der Waals surface area contributed by atoms with Crippen LogP contribution in [-0.2, 0) is 6.42 Å². The first-order valence-corrected chi connectivity index (χ1v) is 6.75. The number of halogens is 1. The summed E-state index contributed by atoms with van der Waals surface area (Å²) < 4.78 is 0. The fraction of sp³-hybridized carbons (Fsp3) is 0.533. The highest BCUT2D eigenvalue weighted by molar-refractivity contribution is 6.30. The van der Waals surface area contributed by atoms with Crippen LogP contribution in [0.25, 0.3) is 0 Å². The predicted octanol–water partition coefficient (Wildman–Crippen LogP) is 3.72. The van der Waals surface area contributed by atoms with Gasteiger partial charge in [-0.1, -0.05) is 36.6 Å². The zero-order chi connectivity index (χ0) is 13.2. The highest BCUT2D eigenvalue weighted by Gasteiger charge is 2.49. The normalized spacial score (nSPS) is 21.2. The molecule has 1 atom stereocenters. The van der Waals surface area contributed by atoms with Gasteiger partial charge in [0, 0.05) is 11.4 Å². The Bertz CT molecular complexity index is 452. The van der Waals surface area contributed by atoms with E-state index in [0.29, 0.717) is 11.4 Å². The second-order valence-electron chi connectivity index (χ2n) is 5.48. The van der Waals surface area contributed by atoms with E-state index in [1.807, 2.05) is 24.3 Å². The molecule has 0 radical (unpaired) electrons. The summed E-state index contributed by atoms with van der Waals surface area (Å²) in [6.45, 7) is 1.79. The van der Waals surface area contributed by atoms with E-state index in [1.165, 1.54) is 0 Å². The van der Waals surface area contributed by atoms with Crippen LogP contribution in [0.2, 0.25) is 5.02 Å². The van der Waals surface area contributed by atoms with E-state index in [4.69, 9.17) is 11.6 Å². The molecule has 0 bridgehead atoms. The molecule has 0 aromatic heterocycles. The summed E-state index contributed by atoms with van der Waals surface area (Å²) in [5.74, 6) is 0. The molecule has 1 fully saturated rings. The standard InChI is InChI=1S/C15H18ClNO/c1-14(18,15(11-17)8-2-3-9-15)10-12-4-6-13(16)7-5-12/h4-7,18H,2-3,8-10H2,1H3. The summed E-state index contributed by atoms with van der Waals surface area (Å²) in [5, 5.41) is 20.9. The maximum atomic E-state index is 10.7. The molecule has 0 aliphatic heterocycles. The van der Waals surface area contributed by atoms with Gasteiger partial charge in [0.1, 0.15) is 0 Å². The second-order valence-corrected chi connectivity index (χ2v) is 5.91. The minimum Gasteiger partial charge on any atom is -0.388 e. The minimum atomic E-state index is -0.980. The molecule has 96 valence electrons. The van der Waals surface area contributed by atoms with Crippen molar-refractivity contribution in [2.75, 3.05) is 0 Å². The third kappa shape index (κ3) is 2.39. The molecule has 18 heavy (non-hydrogen) atoms. The lowest BCUT2D eigenvalue weighted by molar-refractivity contribution is -0.0359.